The average Bonchev–Trinajstić information content (AvgIpc) is 2.21. The minimum atomic E-state index is 0.241. The van der Waals surface area contributed by atoms with E-state index in [-0.39, 0.29) is 6.61 Å². The highest BCUT2D eigenvalue weighted by Gasteiger charge is 2.05. The number of rotatable bonds is 5. The lowest BCUT2D eigenvalue weighted by molar-refractivity contribution is 0.188. The molecule has 0 amide bonds. The van der Waals surface area contributed by atoms with Crippen LogP contribution in [0.25, 0.3) is 0 Å². The normalized spacial score (nSPS) is 13.1. The molecule has 1 atom stereocenters. The predicted molar refractivity (Wildman–Crippen MR) is 64.0 cm³/mol. The zero-order valence-corrected chi connectivity index (χ0v) is 10.0. The molecule has 84 valence electrons. The van der Waals surface area contributed by atoms with Gasteiger partial charge in [-0.05, 0) is 30.7 Å². The van der Waals surface area contributed by atoms with E-state index in [2.05, 4.69) is 11.9 Å². The molecule has 0 saturated heterocycles. The fourth-order valence-corrected chi connectivity index (χ4v) is 1.68. The van der Waals surface area contributed by atoms with E-state index in [1.54, 1.807) is 0 Å². The molecule has 0 aliphatic rings. The van der Waals surface area contributed by atoms with Crippen LogP contribution in [0.3, 0.4) is 0 Å². The van der Waals surface area contributed by atoms with Crippen molar-refractivity contribution in [1.82, 2.24) is 4.90 Å². The molecule has 3 heteroatoms. The molecular formula is C12H18ClNO. The molecule has 1 aromatic rings. The lowest BCUT2D eigenvalue weighted by atomic mass is 10.1. The number of hydrogen-bond acceptors (Lipinski definition) is 2. The van der Waals surface area contributed by atoms with Crippen molar-refractivity contribution in [3.8, 4) is 0 Å². The van der Waals surface area contributed by atoms with Crippen LogP contribution in [0.2, 0.25) is 5.02 Å². The van der Waals surface area contributed by atoms with Crippen molar-refractivity contribution in [3.05, 3.63) is 34.9 Å². The van der Waals surface area contributed by atoms with Gasteiger partial charge in [0.1, 0.15) is 0 Å². The fourth-order valence-electron chi connectivity index (χ4n) is 1.56. The van der Waals surface area contributed by atoms with Crippen molar-refractivity contribution in [2.75, 3.05) is 20.2 Å². The van der Waals surface area contributed by atoms with Gasteiger partial charge in [-0.1, -0.05) is 30.7 Å². The van der Waals surface area contributed by atoms with Gasteiger partial charge in [0.25, 0.3) is 0 Å². The average molecular weight is 228 g/mol. The van der Waals surface area contributed by atoms with Crippen LogP contribution in [0.1, 0.15) is 12.5 Å². The van der Waals surface area contributed by atoms with E-state index < -0.39 is 0 Å². The minimum absolute atomic E-state index is 0.241. The monoisotopic (exact) mass is 227 g/mol. The summed E-state index contributed by atoms with van der Waals surface area (Å²) in [6, 6.07) is 7.87. The maximum absolute atomic E-state index is 8.94. The third-order valence-corrected chi connectivity index (χ3v) is 2.55. The second-order valence-electron chi connectivity index (χ2n) is 4.11. The summed E-state index contributed by atoms with van der Waals surface area (Å²) in [5.41, 5.74) is 1.24. The Morgan fingerprint density at radius 2 is 1.93 bits per heavy atom. The Balaban J connectivity index is 2.44. The summed E-state index contributed by atoms with van der Waals surface area (Å²) in [4.78, 5) is 2.20. The first-order valence-corrected chi connectivity index (χ1v) is 5.53. The Bertz CT molecular complexity index is 286. The molecule has 1 rings (SSSR count). The van der Waals surface area contributed by atoms with Crippen LogP contribution < -0.4 is 0 Å². The lowest BCUT2D eigenvalue weighted by Gasteiger charge is -2.19. The number of nitrogens with zero attached hydrogens (tertiary/aromatic N) is 1. The van der Waals surface area contributed by atoms with Crippen molar-refractivity contribution in [2.45, 2.75) is 13.5 Å². The molecule has 0 radical (unpaired) electrons. The maximum Gasteiger partial charge on any atom is 0.0468 e. The van der Waals surface area contributed by atoms with Gasteiger partial charge in [-0.15, -0.1) is 0 Å². The molecule has 0 spiro atoms. The van der Waals surface area contributed by atoms with E-state index in [0.29, 0.717) is 5.92 Å². The quantitative estimate of drug-likeness (QED) is 0.835. The van der Waals surface area contributed by atoms with E-state index in [1.165, 1.54) is 5.56 Å². The topological polar surface area (TPSA) is 23.5 Å². The first kappa shape index (κ1) is 12.5. The molecule has 1 N–H and O–H groups in total. The molecule has 0 aromatic heterocycles. The number of aliphatic hydroxyl groups is 1. The van der Waals surface area contributed by atoms with Crippen molar-refractivity contribution >= 4 is 11.6 Å². The minimum Gasteiger partial charge on any atom is -0.396 e. The zero-order chi connectivity index (χ0) is 11.3. The molecular weight excluding hydrogens is 210 g/mol. The number of hydrogen-bond donors (Lipinski definition) is 1. The zero-order valence-electron chi connectivity index (χ0n) is 9.28. The first-order valence-electron chi connectivity index (χ1n) is 5.15. The summed E-state index contributed by atoms with van der Waals surface area (Å²) < 4.78 is 0. The van der Waals surface area contributed by atoms with E-state index in [1.807, 2.05) is 31.2 Å². The van der Waals surface area contributed by atoms with Crippen LogP contribution in [0.4, 0.5) is 0 Å². The molecule has 0 fully saturated rings. The predicted octanol–water partition coefficient (Wildman–Crippen LogP) is 2.40. The summed E-state index contributed by atoms with van der Waals surface area (Å²) >= 11 is 5.81. The van der Waals surface area contributed by atoms with E-state index in [4.69, 9.17) is 16.7 Å². The first-order chi connectivity index (χ1) is 7.11. The van der Waals surface area contributed by atoms with Gasteiger partial charge in [0.2, 0.25) is 0 Å². The highest BCUT2D eigenvalue weighted by atomic mass is 35.5. The Hall–Kier alpha value is -0.570. The highest BCUT2D eigenvalue weighted by Crippen LogP contribution is 2.11. The Kier molecular flexibility index (Phi) is 5.09. The second-order valence-corrected chi connectivity index (χ2v) is 4.55. The van der Waals surface area contributed by atoms with Crippen LogP contribution in [0.5, 0.6) is 0 Å². The SMILES string of the molecule is CC(CO)CN(C)Cc1ccc(Cl)cc1. The molecule has 0 saturated carbocycles. The summed E-state index contributed by atoms with van der Waals surface area (Å²) in [6.45, 7) is 4.07. The van der Waals surface area contributed by atoms with E-state index in [9.17, 15) is 0 Å². The Morgan fingerprint density at radius 1 is 1.33 bits per heavy atom. The van der Waals surface area contributed by atoms with Gasteiger partial charge in [0.15, 0.2) is 0 Å². The van der Waals surface area contributed by atoms with Gasteiger partial charge in [0.05, 0.1) is 0 Å². The number of benzene rings is 1. The molecule has 0 bridgehead atoms. The van der Waals surface area contributed by atoms with Gasteiger partial charge in [-0.25, -0.2) is 0 Å². The van der Waals surface area contributed by atoms with Gasteiger partial charge in [-0.3, -0.25) is 0 Å². The van der Waals surface area contributed by atoms with Gasteiger partial charge >= 0.3 is 0 Å². The van der Waals surface area contributed by atoms with Crippen LogP contribution in [0.15, 0.2) is 24.3 Å². The van der Waals surface area contributed by atoms with Crippen molar-refractivity contribution in [2.24, 2.45) is 5.92 Å². The summed E-state index contributed by atoms with van der Waals surface area (Å²) in [6.07, 6.45) is 0. The van der Waals surface area contributed by atoms with Gasteiger partial charge in [-0.2, -0.15) is 0 Å². The van der Waals surface area contributed by atoms with E-state index in [0.717, 1.165) is 18.1 Å². The summed E-state index contributed by atoms with van der Waals surface area (Å²) in [7, 11) is 2.06. The van der Waals surface area contributed by atoms with Crippen LogP contribution in [0, 0.1) is 5.92 Å². The van der Waals surface area contributed by atoms with Crippen LogP contribution in [-0.2, 0) is 6.54 Å². The van der Waals surface area contributed by atoms with Gasteiger partial charge < -0.3 is 10.0 Å². The van der Waals surface area contributed by atoms with Crippen molar-refractivity contribution in [1.29, 1.82) is 0 Å². The molecule has 0 aliphatic heterocycles. The van der Waals surface area contributed by atoms with Crippen LogP contribution >= 0.6 is 11.6 Å². The van der Waals surface area contributed by atoms with E-state index >= 15 is 0 Å². The number of halogens is 1. The molecule has 15 heavy (non-hydrogen) atoms. The Labute approximate surface area is 96.5 Å². The lowest BCUT2D eigenvalue weighted by Crippen LogP contribution is -2.25. The smallest absolute Gasteiger partial charge is 0.0468 e. The maximum atomic E-state index is 8.94. The highest BCUT2D eigenvalue weighted by molar-refractivity contribution is 6.30. The molecule has 0 aliphatic carbocycles. The third-order valence-electron chi connectivity index (χ3n) is 2.30. The Morgan fingerprint density at radius 3 is 2.47 bits per heavy atom. The second kappa shape index (κ2) is 6.11. The van der Waals surface area contributed by atoms with Crippen LogP contribution in [-0.4, -0.2) is 30.2 Å². The molecule has 1 unspecified atom stereocenters. The fraction of sp³-hybridized carbons (Fsp3) is 0.500. The standard InChI is InChI=1S/C12H18ClNO/c1-10(9-15)7-14(2)8-11-3-5-12(13)6-4-11/h3-6,10,15H,7-9H2,1-2H3. The molecule has 1 aromatic carbocycles. The number of aliphatic hydroxyl groups excluding tert-OH is 1. The van der Waals surface area contributed by atoms with Gasteiger partial charge in [0, 0.05) is 24.7 Å². The summed E-state index contributed by atoms with van der Waals surface area (Å²) in [5.74, 6) is 0.322. The summed E-state index contributed by atoms with van der Waals surface area (Å²) in [5, 5.41) is 9.71. The molecule has 2 nitrogen and oxygen atoms in total. The van der Waals surface area contributed by atoms with Crippen molar-refractivity contribution < 1.29 is 5.11 Å². The van der Waals surface area contributed by atoms with Crippen molar-refractivity contribution in [3.63, 3.8) is 0 Å². The molecule has 0 heterocycles. The largest absolute Gasteiger partial charge is 0.396 e. The third kappa shape index (κ3) is 4.65.